The first-order valence-electron chi connectivity index (χ1n) is 5.17. The highest BCUT2D eigenvalue weighted by atomic mass is 16.5. The Kier molecular flexibility index (Phi) is 2.62. The molecular formula is C12H16O2. The zero-order valence-corrected chi connectivity index (χ0v) is 8.49. The molecule has 14 heavy (non-hydrogen) atoms. The number of rotatable bonds is 4. The number of benzene rings is 1. The van der Waals surface area contributed by atoms with Gasteiger partial charge < -0.3 is 9.84 Å². The van der Waals surface area contributed by atoms with E-state index in [1.165, 1.54) is 12.8 Å². The molecule has 0 saturated heterocycles. The Balaban J connectivity index is 1.87. The van der Waals surface area contributed by atoms with E-state index in [9.17, 15) is 5.11 Å². The Morgan fingerprint density at radius 3 is 2.79 bits per heavy atom. The third-order valence-electron chi connectivity index (χ3n) is 2.53. The molecular weight excluding hydrogens is 176 g/mol. The van der Waals surface area contributed by atoms with Gasteiger partial charge in [-0.3, -0.25) is 0 Å². The Bertz CT molecular complexity index is 296. The summed E-state index contributed by atoms with van der Waals surface area (Å²) in [7, 11) is 0. The number of aromatic hydroxyl groups is 1. The molecule has 0 aromatic heterocycles. The first-order chi connectivity index (χ1) is 6.74. The average molecular weight is 192 g/mol. The van der Waals surface area contributed by atoms with E-state index in [1.54, 1.807) is 12.1 Å². The van der Waals surface area contributed by atoms with Gasteiger partial charge in [-0.2, -0.15) is 0 Å². The molecule has 2 nitrogen and oxygen atoms in total. The maximum absolute atomic E-state index is 9.33. The summed E-state index contributed by atoms with van der Waals surface area (Å²) in [5, 5.41) is 9.33. The summed E-state index contributed by atoms with van der Waals surface area (Å²) in [6, 6.07) is 5.35. The minimum absolute atomic E-state index is 0.284. The minimum atomic E-state index is 0.284. The van der Waals surface area contributed by atoms with Crippen LogP contribution in [0, 0.1) is 12.8 Å². The van der Waals surface area contributed by atoms with E-state index < -0.39 is 0 Å². The van der Waals surface area contributed by atoms with Crippen molar-refractivity contribution < 1.29 is 9.84 Å². The second-order valence-corrected chi connectivity index (χ2v) is 4.08. The quantitative estimate of drug-likeness (QED) is 0.794. The number of ether oxygens (including phenoxy) is 1. The fraction of sp³-hybridized carbons (Fsp3) is 0.500. The number of phenols is 1. The molecule has 0 amide bonds. The molecule has 0 spiro atoms. The molecule has 2 rings (SSSR count). The lowest BCUT2D eigenvalue weighted by Crippen LogP contribution is -1.98. The fourth-order valence-corrected chi connectivity index (χ4v) is 1.56. The predicted molar refractivity (Wildman–Crippen MR) is 55.7 cm³/mol. The number of aryl methyl sites for hydroxylation is 1. The van der Waals surface area contributed by atoms with Crippen LogP contribution in [0.3, 0.4) is 0 Å². The average Bonchev–Trinajstić information content (AvgIpc) is 2.86. The van der Waals surface area contributed by atoms with E-state index in [-0.39, 0.29) is 5.75 Å². The first-order valence-corrected chi connectivity index (χ1v) is 5.17. The largest absolute Gasteiger partial charge is 0.508 e. The van der Waals surface area contributed by atoms with Crippen LogP contribution in [-0.4, -0.2) is 11.7 Å². The van der Waals surface area contributed by atoms with Crippen LogP contribution in [0.4, 0.5) is 0 Å². The molecule has 1 aliphatic carbocycles. The molecule has 1 saturated carbocycles. The van der Waals surface area contributed by atoms with Crippen molar-refractivity contribution in [2.75, 3.05) is 6.61 Å². The van der Waals surface area contributed by atoms with Gasteiger partial charge in [0.05, 0.1) is 6.61 Å². The Morgan fingerprint density at radius 2 is 2.14 bits per heavy atom. The maximum Gasteiger partial charge on any atom is 0.123 e. The van der Waals surface area contributed by atoms with Gasteiger partial charge in [-0.25, -0.2) is 0 Å². The second-order valence-electron chi connectivity index (χ2n) is 4.08. The van der Waals surface area contributed by atoms with Crippen molar-refractivity contribution >= 4 is 0 Å². The lowest BCUT2D eigenvalue weighted by Gasteiger charge is -2.06. The van der Waals surface area contributed by atoms with Crippen molar-refractivity contribution in [1.29, 1.82) is 0 Å². The van der Waals surface area contributed by atoms with Gasteiger partial charge in [0, 0.05) is 6.07 Å². The third-order valence-corrected chi connectivity index (χ3v) is 2.53. The fourth-order valence-electron chi connectivity index (χ4n) is 1.56. The van der Waals surface area contributed by atoms with E-state index in [0.717, 1.165) is 30.3 Å². The van der Waals surface area contributed by atoms with Crippen LogP contribution in [0.5, 0.6) is 11.5 Å². The lowest BCUT2D eigenvalue weighted by molar-refractivity contribution is 0.300. The SMILES string of the molecule is Cc1cc(O)cc(OCCC2CC2)c1. The molecule has 1 N–H and O–H groups in total. The molecule has 1 aromatic rings. The van der Waals surface area contributed by atoms with Gasteiger partial charge in [0.1, 0.15) is 11.5 Å². The molecule has 0 aliphatic heterocycles. The summed E-state index contributed by atoms with van der Waals surface area (Å²) < 4.78 is 5.56. The highest BCUT2D eigenvalue weighted by Crippen LogP contribution is 2.32. The van der Waals surface area contributed by atoms with Gasteiger partial charge in [0.2, 0.25) is 0 Å². The molecule has 1 fully saturated rings. The number of hydrogen-bond donors (Lipinski definition) is 1. The molecule has 1 aromatic carbocycles. The minimum Gasteiger partial charge on any atom is -0.508 e. The van der Waals surface area contributed by atoms with E-state index in [4.69, 9.17) is 4.74 Å². The van der Waals surface area contributed by atoms with E-state index in [0.29, 0.717) is 0 Å². The summed E-state index contributed by atoms with van der Waals surface area (Å²) >= 11 is 0. The maximum atomic E-state index is 9.33. The normalized spacial score (nSPS) is 15.5. The summed E-state index contributed by atoms with van der Waals surface area (Å²) in [6.07, 6.45) is 3.87. The van der Waals surface area contributed by atoms with Gasteiger partial charge in [0.25, 0.3) is 0 Å². The van der Waals surface area contributed by atoms with Crippen molar-refractivity contribution in [2.24, 2.45) is 5.92 Å². The van der Waals surface area contributed by atoms with Crippen LogP contribution < -0.4 is 4.74 Å². The molecule has 2 heteroatoms. The zero-order chi connectivity index (χ0) is 9.97. The van der Waals surface area contributed by atoms with Crippen molar-refractivity contribution in [3.63, 3.8) is 0 Å². The van der Waals surface area contributed by atoms with Crippen LogP contribution >= 0.6 is 0 Å². The van der Waals surface area contributed by atoms with Crippen LogP contribution in [0.15, 0.2) is 18.2 Å². The van der Waals surface area contributed by atoms with E-state index >= 15 is 0 Å². The molecule has 0 heterocycles. The van der Waals surface area contributed by atoms with Crippen LogP contribution in [-0.2, 0) is 0 Å². The summed E-state index contributed by atoms with van der Waals surface area (Å²) in [6.45, 7) is 2.72. The topological polar surface area (TPSA) is 29.5 Å². The Labute approximate surface area is 84.5 Å². The highest BCUT2D eigenvalue weighted by Gasteiger charge is 2.20. The van der Waals surface area contributed by atoms with Gasteiger partial charge in [0.15, 0.2) is 0 Å². The zero-order valence-electron chi connectivity index (χ0n) is 8.49. The van der Waals surface area contributed by atoms with Crippen molar-refractivity contribution in [3.05, 3.63) is 23.8 Å². The number of phenolic OH excluding ortho intramolecular Hbond substituents is 1. The van der Waals surface area contributed by atoms with Gasteiger partial charge >= 0.3 is 0 Å². The monoisotopic (exact) mass is 192 g/mol. The van der Waals surface area contributed by atoms with Crippen LogP contribution in [0.1, 0.15) is 24.8 Å². The predicted octanol–water partition coefficient (Wildman–Crippen LogP) is 2.88. The summed E-state index contributed by atoms with van der Waals surface area (Å²) in [5.74, 6) is 1.96. The standard InChI is InChI=1S/C12H16O2/c1-9-6-11(13)8-12(7-9)14-5-4-10-2-3-10/h6-8,10,13H,2-5H2,1H3. The van der Waals surface area contributed by atoms with E-state index in [1.807, 2.05) is 13.0 Å². The van der Waals surface area contributed by atoms with Crippen molar-refractivity contribution in [1.82, 2.24) is 0 Å². The molecule has 0 bridgehead atoms. The van der Waals surface area contributed by atoms with Crippen molar-refractivity contribution in [2.45, 2.75) is 26.2 Å². The third kappa shape index (κ3) is 2.66. The Hall–Kier alpha value is -1.18. The Morgan fingerprint density at radius 1 is 1.36 bits per heavy atom. The van der Waals surface area contributed by atoms with Crippen molar-refractivity contribution in [3.8, 4) is 11.5 Å². The van der Waals surface area contributed by atoms with Gasteiger partial charge in [-0.1, -0.05) is 12.8 Å². The van der Waals surface area contributed by atoms with Crippen LogP contribution in [0.25, 0.3) is 0 Å². The smallest absolute Gasteiger partial charge is 0.123 e. The molecule has 0 radical (unpaired) electrons. The van der Waals surface area contributed by atoms with Crippen LogP contribution in [0.2, 0.25) is 0 Å². The van der Waals surface area contributed by atoms with E-state index in [2.05, 4.69) is 0 Å². The summed E-state index contributed by atoms with van der Waals surface area (Å²) in [4.78, 5) is 0. The van der Waals surface area contributed by atoms with Gasteiger partial charge in [-0.05, 0) is 37.0 Å². The second kappa shape index (κ2) is 3.91. The lowest BCUT2D eigenvalue weighted by atomic mass is 10.2. The highest BCUT2D eigenvalue weighted by molar-refractivity contribution is 5.36. The molecule has 76 valence electrons. The summed E-state index contributed by atoms with van der Waals surface area (Å²) in [5.41, 5.74) is 1.03. The number of hydrogen-bond acceptors (Lipinski definition) is 2. The molecule has 1 aliphatic rings. The first kappa shape index (κ1) is 9.38. The molecule has 0 unspecified atom stereocenters. The van der Waals surface area contributed by atoms with Gasteiger partial charge in [-0.15, -0.1) is 0 Å². The molecule has 0 atom stereocenters.